The Hall–Kier alpha value is -1.06. The van der Waals surface area contributed by atoms with Gasteiger partial charge in [-0.1, -0.05) is 13.3 Å². The Labute approximate surface area is 72.0 Å². The number of nitrogens with one attached hydrogen (secondary N) is 1. The first-order valence-corrected chi connectivity index (χ1v) is 4.30. The van der Waals surface area contributed by atoms with Gasteiger partial charge in [-0.2, -0.15) is 0 Å². The maximum Gasteiger partial charge on any atom is 0.306 e. The van der Waals surface area contributed by atoms with Crippen LogP contribution in [0.25, 0.3) is 0 Å². The van der Waals surface area contributed by atoms with Crippen molar-refractivity contribution >= 4 is 11.8 Å². The second kappa shape index (κ2) is 4.74. The Kier molecular flexibility index (Phi) is 3.57. The van der Waals surface area contributed by atoms with Crippen molar-refractivity contribution in [2.45, 2.75) is 19.8 Å². The van der Waals surface area contributed by atoms with Crippen LogP contribution in [0.3, 0.4) is 0 Å². The van der Waals surface area contributed by atoms with Crippen molar-refractivity contribution in [2.24, 2.45) is 4.99 Å². The molecule has 0 aliphatic carbocycles. The molecule has 0 aromatic heterocycles. The Morgan fingerprint density at radius 2 is 2.58 bits per heavy atom. The van der Waals surface area contributed by atoms with E-state index >= 15 is 0 Å². The van der Waals surface area contributed by atoms with Crippen molar-refractivity contribution in [1.29, 1.82) is 0 Å². The molecule has 4 heteroatoms. The summed E-state index contributed by atoms with van der Waals surface area (Å²) in [7, 11) is 0. The van der Waals surface area contributed by atoms with Gasteiger partial charge in [-0.25, -0.2) is 4.99 Å². The van der Waals surface area contributed by atoms with E-state index in [1.807, 2.05) is 0 Å². The second-order valence-corrected chi connectivity index (χ2v) is 2.64. The molecule has 0 saturated heterocycles. The molecule has 1 amide bonds. The van der Waals surface area contributed by atoms with E-state index in [0.717, 1.165) is 12.8 Å². The number of hydrogen-bond donors (Lipinski definition) is 1. The van der Waals surface area contributed by atoms with Crippen molar-refractivity contribution in [3.05, 3.63) is 0 Å². The molecule has 68 valence electrons. The lowest BCUT2D eigenvalue weighted by molar-refractivity contribution is -0.116. The fourth-order valence-electron chi connectivity index (χ4n) is 0.927. The smallest absolute Gasteiger partial charge is 0.306 e. The van der Waals surface area contributed by atoms with Gasteiger partial charge in [-0.15, -0.1) is 0 Å². The molecule has 0 spiro atoms. The van der Waals surface area contributed by atoms with Gasteiger partial charge in [0.2, 0.25) is 0 Å². The number of nitrogens with zero attached hydrogens (tertiary/aromatic N) is 1. The summed E-state index contributed by atoms with van der Waals surface area (Å²) in [6.07, 6.45) is 2.08. The fourth-order valence-corrected chi connectivity index (χ4v) is 0.927. The Balaban J connectivity index is 2.19. The Morgan fingerprint density at radius 1 is 1.75 bits per heavy atom. The fraction of sp³-hybridized carbons (Fsp3) is 0.750. The van der Waals surface area contributed by atoms with Crippen LogP contribution in [0.4, 0.5) is 0 Å². The molecule has 0 atom stereocenters. The van der Waals surface area contributed by atoms with Gasteiger partial charge in [0.1, 0.15) is 6.61 Å². The van der Waals surface area contributed by atoms with E-state index in [9.17, 15) is 4.79 Å². The standard InChI is InChI=1S/C8H14N2O2/c1-2-3-4-9-7(11)8-10-5-6-12-8/h2-6H2,1H3,(H,9,11). The van der Waals surface area contributed by atoms with E-state index < -0.39 is 0 Å². The second-order valence-electron chi connectivity index (χ2n) is 2.64. The minimum absolute atomic E-state index is 0.180. The molecule has 0 bridgehead atoms. The first-order chi connectivity index (χ1) is 5.84. The average Bonchev–Trinajstić information content (AvgIpc) is 2.56. The third-order valence-corrected chi connectivity index (χ3v) is 1.60. The van der Waals surface area contributed by atoms with Crippen LogP contribution in [0.2, 0.25) is 0 Å². The highest BCUT2D eigenvalue weighted by Crippen LogP contribution is 1.93. The molecule has 1 aliphatic heterocycles. The predicted molar refractivity (Wildman–Crippen MR) is 46.2 cm³/mol. The summed E-state index contributed by atoms with van der Waals surface area (Å²) in [6.45, 7) is 3.93. The Morgan fingerprint density at radius 3 is 3.17 bits per heavy atom. The molecule has 1 N–H and O–H groups in total. The van der Waals surface area contributed by atoms with Crippen molar-refractivity contribution in [1.82, 2.24) is 5.32 Å². The van der Waals surface area contributed by atoms with Gasteiger partial charge in [0.05, 0.1) is 6.54 Å². The molecule has 0 aromatic carbocycles. The molecule has 1 aliphatic rings. The van der Waals surface area contributed by atoms with Crippen molar-refractivity contribution in [3.8, 4) is 0 Å². The van der Waals surface area contributed by atoms with Crippen molar-refractivity contribution in [2.75, 3.05) is 19.7 Å². The van der Waals surface area contributed by atoms with Crippen LogP contribution in [0.1, 0.15) is 19.8 Å². The molecule has 0 fully saturated rings. The number of aliphatic imine (C=N–C) groups is 1. The number of hydrogen-bond acceptors (Lipinski definition) is 3. The van der Waals surface area contributed by atoms with Crippen LogP contribution in [0.15, 0.2) is 4.99 Å². The molecule has 12 heavy (non-hydrogen) atoms. The molecule has 0 saturated carbocycles. The summed E-state index contributed by atoms with van der Waals surface area (Å²) in [5.41, 5.74) is 0. The summed E-state index contributed by atoms with van der Waals surface area (Å²) in [5, 5.41) is 2.73. The van der Waals surface area contributed by atoms with Gasteiger partial charge in [0.15, 0.2) is 0 Å². The van der Waals surface area contributed by atoms with Gasteiger partial charge < -0.3 is 10.1 Å². The normalized spacial score (nSPS) is 15.2. The van der Waals surface area contributed by atoms with Gasteiger partial charge >= 0.3 is 5.91 Å². The molecular formula is C8H14N2O2. The zero-order valence-corrected chi connectivity index (χ0v) is 7.30. The van der Waals surface area contributed by atoms with E-state index in [2.05, 4.69) is 17.2 Å². The number of unbranched alkanes of at least 4 members (excludes halogenated alkanes) is 1. The van der Waals surface area contributed by atoms with Crippen LogP contribution < -0.4 is 5.32 Å². The third-order valence-electron chi connectivity index (χ3n) is 1.60. The topological polar surface area (TPSA) is 50.7 Å². The van der Waals surface area contributed by atoms with E-state index in [1.165, 1.54) is 0 Å². The predicted octanol–water partition coefficient (Wildman–Crippen LogP) is 0.331. The summed E-state index contributed by atoms with van der Waals surface area (Å²) >= 11 is 0. The summed E-state index contributed by atoms with van der Waals surface area (Å²) < 4.78 is 4.98. The SMILES string of the molecule is CCCCNC(=O)C1=NCCO1. The molecule has 0 unspecified atom stereocenters. The zero-order valence-electron chi connectivity index (χ0n) is 7.30. The maximum absolute atomic E-state index is 11.2. The lowest BCUT2D eigenvalue weighted by Crippen LogP contribution is -2.31. The molecular weight excluding hydrogens is 156 g/mol. The lowest BCUT2D eigenvalue weighted by Gasteiger charge is -2.02. The molecule has 1 heterocycles. The average molecular weight is 170 g/mol. The van der Waals surface area contributed by atoms with Gasteiger partial charge in [-0.3, -0.25) is 4.79 Å². The summed E-state index contributed by atoms with van der Waals surface area (Å²) in [6, 6.07) is 0. The Bertz CT molecular complexity index is 189. The quantitative estimate of drug-likeness (QED) is 0.618. The van der Waals surface area contributed by atoms with E-state index in [-0.39, 0.29) is 11.8 Å². The number of carbonyl (C=O) groups excluding carboxylic acids is 1. The van der Waals surface area contributed by atoms with Gasteiger partial charge in [0.25, 0.3) is 5.90 Å². The maximum atomic E-state index is 11.2. The number of amides is 1. The monoisotopic (exact) mass is 170 g/mol. The molecule has 4 nitrogen and oxygen atoms in total. The highest BCUT2D eigenvalue weighted by Gasteiger charge is 2.15. The molecule has 1 rings (SSSR count). The number of rotatable bonds is 4. The third kappa shape index (κ3) is 2.53. The minimum Gasteiger partial charge on any atom is -0.472 e. The number of ether oxygens (including phenoxy) is 1. The number of carbonyl (C=O) groups is 1. The highest BCUT2D eigenvalue weighted by molar-refractivity contribution is 6.35. The van der Waals surface area contributed by atoms with Gasteiger partial charge in [0, 0.05) is 6.54 Å². The van der Waals surface area contributed by atoms with Crippen LogP contribution in [-0.4, -0.2) is 31.5 Å². The van der Waals surface area contributed by atoms with Crippen LogP contribution in [0.5, 0.6) is 0 Å². The summed E-state index contributed by atoms with van der Waals surface area (Å²) in [5.74, 6) is 0.0621. The van der Waals surface area contributed by atoms with E-state index in [1.54, 1.807) is 0 Å². The van der Waals surface area contributed by atoms with Gasteiger partial charge in [-0.05, 0) is 6.42 Å². The van der Waals surface area contributed by atoms with E-state index in [4.69, 9.17) is 4.74 Å². The summed E-state index contributed by atoms with van der Waals surface area (Å²) in [4.78, 5) is 15.0. The first kappa shape index (κ1) is 9.03. The lowest BCUT2D eigenvalue weighted by atomic mass is 10.3. The largest absolute Gasteiger partial charge is 0.472 e. The van der Waals surface area contributed by atoms with Crippen molar-refractivity contribution < 1.29 is 9.53 Å². The first-order valence-electron chi connectivity index (χ1n) is 4.30. The van der Waals surface area contributed by atoms with Crippen LogP contribution >= 0.6 is 0 Å². The molecule has 0 aromatic rings. The van der Waals surface area contributed by atoms with E-state index in [0.29, 0.717) is 19.7 Å². The highest BCUT2D eigenvalue weighted by atomic mass is 16.5. The van der Waals surface area contributed by atoms with Crippen LogP contribution in [-0.2, 0) is 9.53 Å². The zero-order chi connectivity index (χ0) is 8.81. The van der Waals surface area contributed by atoms with Crippen molar-refractivity contribution in [3.63, 3.8) is 0 Å². The van der Waals surface area contributed by atoms with Crippen LogP contribution in [0, 0.1) is 0 Å². The minimum atomic E-state index is -0.180. The molecule has 0 radical (unpaired) electrons.